The zero-order valence-electron chi connectivity index (χ0n) is 24.0. The molecule has 12 heteroatoms. The molecule has 0 aliphatic carbocycles. The number of hydrogen-bond donors (Lipinski definition) is 1. The van der Waals surface area contributed by atoms with E-state index in [1.807, 2.05) is 0 Å². The molecule has 0 saturated carbocycles. The lowest BCUT2D eigenvalue weighted by molar-refractivity contribution is -0.262. The zero-order chi connectivity index (χ0) is 30.4. The van der Waals surface area contributed by atoms with E-state index in [1.165, 1.54) is 20.8 Å². The summed E-state index contributed by atoms with van der Waals surface area (Å²) in [6.07, 6.45) is -9.49. The average molecular weight is 558 g/mol. The van der Waals surface area contributed by atoms with Crippen molar-refractivity contribution in [3.63, 3.8) is 0 Å². The Morgan fingerprint density at radius 3 is 1.76 bits per heavy atom. The van der Waals surface area contributed by atoms with Crippen LogP contribution >= 0.6 is 0 Å². The van der Waals surface area contributed by atoms with E-state index < -0.39 is 77.7 Å². The quantitative estimate of drug-likeness (QED) is 0.253. The molecule has 1 N–H and O–H groups in total. The fourth-order valence-electron chi connectivity index (χ4n) is 4.00. The molecule has 0 aliphatic rings. The molecular formula is C26H43F4NO7. The molecule has 0 spiro atoms. The van der Waals surface area contributed by atoms with Crippen molar-refractivity contribution in [3.8, 4) is 0 Å². The maximum atomic E-state index is 15.6. The van der Waals surface area contributed by atoms with Gasteiger partial charge in [-0.3, -0.25) is 19.3 Å². The van der Waals surface area contributed by atoms with Gasteiger partial charge in [-0.1, -0.05) is 20.8 Å². The van der Waals surface area contributed by atoms with Gasteiger partial charge in [-0.25, -0.2) is 9.18 Å². The molecule has 0 saturated heterocycles. The minimum Gasteiger partial charge on any atom is -0.462 e. The van der Waals surface area contributed by atoms with Crippen molar-refractivity contribution in [3.05, 3.63) is 0 Å². The van der Waals surface area contributed by atoms with Gasteiger partial charge in [-0.15, -0.1) is 0 Å². The maximum absolute atomic E-state index is 15.6. The second-order valence-corrected chi connectivity index (χ2v) is 11.3. The van der Waals surface area contributed by atoms with Crippen molar-refractivity contribution in [2.75, 3.05) is 0 Å². The number of alkyl halides is 4. The first kappa shape index (κ1) is 35.8. The van der Waals surface area contributed by atoms with E-state index in [1.54, 1.807) is 27.7 Å². The van der Waals surface area contributed by atoms with E-state index in [2.05, 4.69) is 0 Å². The highest BCUT2D eigenvalue weighted by Gasteiger charge is 2.52. The number of rotatable bonds is 13. The molecule has 0 aliphatic heterocycles. The fraction of sp³-hybridized carbons (Fsp3) is 0.846. The lowest BCUT2D eigenvalue weighted by Crippen LogP contribution is -2.49. The first-order valence-electron chi connectivity index (χ1n) is 12.7. The van der Waals surface area contributed by atoms with Gasteiger partial charge in [0, 0.05) is 25.8 Å². The molecule has 0 aromatic carbocycles. The van der Waals surface area contributed by atoms with Crippen molar-refractivity contribution >= 4 is 23.8 Å². The summed E-state index contributed by atoms with van der Waals surface area (Å²) in [5.41, 5.74) is -7.57. The molecule has 8 nitrogen and oxygen atoms in total. The summed E-state index contributed by atoms with van der Waals surface area (Å²) >= 11 is 0. The smallest absolute Gasteiger partial charge is 0.417 e. The van der Waals surface area contributed by atoms with Crippen LogP contribution in [0.5, 0.6) is 0 Å². The minimum absolute atomic E-state index is 0.00876. The molecule has 0 rings (SSSR count). The molecular weight excluding hydrogens is 514 g/mol. The Kier molecular flexibility index (Phi) is 12.4. The number of carbonyl (C=O) groups is 4. The van der Waals surface area contributed by atoms with E-state index in [0.29, 0.717) is 6.92 Å². The van der Waals surface area contributed by atoms with E-state index in [9.17, 15) is 37.5 Å². The summed E-state index contributed by atoms with van der Waals surface area (Å²) in [7, 11) is 0. The van der Waals surface area contributed by atoms with Crippen LogP contribution in [0, 0.1) is 11.3 Å². The minimum atomic E-state index is -4.97. The Bertz CT molecular complexity index is 855. The van der Waals surface area contributed by atoms with Crippen molar-refractivity contribution in [1.82, 2.24) is 4.90 Å². The highest BCUT2D eigenvalue weighted by molar-refractivity contribution is 5.97. The molecule has 0 fully saturated rings. The molecule has 2 amide bonds. The first-order chi connectivity index (χ1) is 16.9. The summed E-state index contributed by atoms with van der Waals surface area (Å²) < 4.78 is 65.7. The van der Waals surface area contributed by atoms with Crippen molar-refractivity contribution in [2.24, 2.45) is 11.3 Å². The highest BCUT2D eigenvalue weighted by Crippen LogP contribution is 2.39. The van der Waals surface area contributed by atoms with Crippen LogP contribution < -0.4 is 0 Å². The summed E-state index contributed by atoms with van der Waals surface area (Å²) in [5, 5.41) is 9.91. The Balaban J connectivity index is 5.75. The van der Waals surface area contributed by atoms with E-state index in [-0.39, 0.29) is 18.8 Å². The van der Waals surface area contributed by atoms with Crippen LogP contribution in [0.4, 0.5) is 17.6 Å². The largest absolute Gasteiger partial charge is 0.462 e. The van der Waals surface area contributed by atoms with Crippen molar-refractivity contribution < 1.29 is 51.3 Å². The van der Waals surface area contributed by atoms with Gasteiger partial charge in [-0.2, -0.15) is 13.2 Å². The third-order valence-electron chi connectivity index (χ3n) is 6.39. The summed E-state index contributed by atoms with van der Waals surface area (Å²) in [5.74, 6) is -4.10. The van der Waals surface area contributed by atoms with Crippen LogP contribution in [0.15, 0.2) is 0 Å². The SMILES string of the molecule is CCC(C)(CC(C)(F)C(=O)OC(C)C(=O)N(C(C)=O)C(C)C)C(=O)OC(CC(C)C)CC(C)(O)C(F)(F)F. The predicted octanol–water partition coefficient (Wildman–Crippen LogP) is 4.90. The third kappa shape index (κ3) is 9.81. The number of halogens is 4. The van der Waals surface area contributed by atoms with Crippen LogP contribution in [0.25, 0.3) is 0 Å². The van der Waals surface area contributed by atoms with Crippen molar-refractivity contribution in [1.29, 1.82) is 0 Å². The van der Waals surface area contributed by atoms with Crippen LogP contribution in [-0.4, -0.2) is 69.5 Å². The number of carbonyl (C=O) groups excluding carboxylic acids is 4. The van der Waals surface area contributed by atoms with Crippen LogP contribution in [0.2, 0.25) is 0 Å². The molecule has 5 unspecified atom stereocenters. The lowest BCUT2D eigenvalue weighted by Gasteiger charge is -2.35. The number of hydrogen-bond acceptors (Lipinski definition) is 7. The van der Waals surface area contributed by atoms with Gasteiger partial charge in [0.05, 0.1) is 5.41 Å². The number of aliphatic hydroxyl groups is 1. The number of imide groups is 1. The Hall–Kier alpha value is -2.24. The summed E-state index contributed by atoms with van der Waals surface area (Å²) in [4.78, 5) is 51.0. The van der Waals surface area contributed by atoms with Crippen LogP contribution in [0.1, 0.15) is 94.9 Å². The third-order valence-corrected chi connectivity index (χ3v) is 6.39. The van der Waals surface area contributed by atoms with Gasteiger partial charge in [-0.05, 0) is 60.3 Å². The first-order valence-corrected chi connectivity index (χ1v) is 12.7. The molecule has 222 valence electrons. The van der Waals surface area contributed by atoms with Gasteiger partial charge in [0.15, 0.2) is 11.7 Å². The number of esters is 2. The maximum Gasteiger partial charge on any atom is 0.417 e. The normalized spacial score (nSPS) is 18.6. The standard InChI is InChI=1S/C26H43F4NO7/c1-11-23(8,21(34)38-19(12-15(2)3)13-25(10,36)26(28,29)30)14-24(9,27)22(35)37-17(6)20(33)31(16(4)5)18(7)32/h15-17,19,36H,11-14H2,1-10H3. The van der Waals surface area contributed by atoms with E-state index in [0.717, 1.165) is 18.7 Å². The number of nitrogens with zero attached hydrogens (tertiary/aromatic N) is 1. The number of amides is 2. The lowest BCUT2D eigenvalue weighted by atomic mass is 9.77. The summed E-state index contributed by atoms with van der Waals surface area (Å²) in [6.45, 7) is 13.2. The topological polar surface area (TPSA) is 110 Å². The van der Waals surface area contributed by atoms with Crippen molar-refractivity contribution in [2.45, 2.75) is 131 Å². The Labute approximate surface area is 222 Å². The molecule has 0 heterocycles. The molecule has 0 radical (unpaired) electrons. The van der Waals surface area contributed by atoms with Gasteiger partial charge < -0.3 is 14.6 Å². The van der Waals surface area contributed by atoms with E-state index in [4.69, 9.17) is 9.47 Å². The monoisotopic (exact) mass is 557 g/mol. The highest BCUT2D eigenvalue weighted by atomic mass is 19.4. The second kappa shape index (κ2) is 13.2. The Morgan fingerprint density at radius 1 is 0.895 bits per heavy atom. The van der Waals surface area contributed by atoms with Crippen LogP contribution in [0.3, 0.4) is 0 Å². The predicted molar refractivity (Wildman–Crippen MR) is 131 cm³/mol. The average Bonchev–Trinajstić information content (AvgIpc) is 2.70. The molecule has 5 atom stereocenters. The summed E-state index contributed by atoms with van der Waals surface area (Å²) in [6, 6.07) is -0.534. The molecule has 0 bridgehead atoms. The van der Waals surface area contributed by atoms with E-state index >= 15 is 4.39 Å². The van der Waals surface area contributed by atoms with Gasteiger partial charge >= 0.3 is 18.1 Å². The second-order valence-electron chi connectivity index (χ2n) is 11.3. The van der Waals surface area contributed by atoms with Gasteiger partial charge in [0.25, 0.3) is 5.91 Å². The fourth-order valence-corrected chi connectivity index (χ4v) is 4.00. The number of ether oxygens (including phenoxy) is 2. The van der Waals surface area contributed by atoms with Gasteiger partial charge in [0.1, 0.15) is 6.10 Å². The van der Waals surface area contributed by atoms with Gasteiger partial charge in [0.2, 0.25) is 11.6 Å². The van der Waals surface area contributed by atoms with Crippen LogP contribution in [-0.2, 0) is 28.7 Å². The Morgan fingerprint density at radius 2 is 1.39 bits per heavy atom. The molecule has 0 aromatic heterocycles. The zero-order valence-corrected chi connectivity index (χ0v) is 24.0. The molecule has 38 heavy (non-hydrogen) atoms. The molecule has 0 aromatic rings.